The molecule has 1 unspecified atom stereocenters. The molecule has 0 aliphatic rings. The number of nitrogens with zero attached hydrogens (tertiary/aromatic N) is 1. The van der Waals surface area contributed by atoms with Crippen LogP contribution in [0.1, 0.15) is 26.5 Å². The molecule has 1 N–H and O–H groups in total. The fraction of sp³-hybridized carbons (Fsp3) is 0.545. The van der Waals surface area contributed by atoms with Gasteiger partial charge in [0.2, 0.25) is 0 Å². The molecule has 2 nitrogen and oxygen atoms in total. The van der Waals surface area contributed by atoms with Crippen molar-refractivity contribution in [3.63, 3.8) is 0 Å². The van der Waals surface area contributed by atoms with Gasteiger partial charge in [0.15, 0.2) is 0 Å². The topological polar surface area (TPSA) is 33.1 Å². The number of aromatic nitrogens is 1. The van der Waals surface area contributed by atoms with Crippen LogP contribution in [0.15, 0.2) is 22.8 Å². The Morgan fingerprint density at radius 1 is 1.57 bits per heavy atom. The first-order valence-electron chi connectivity index (χ1n) is 4.75. The van der Waals surface area contributed by atoms with Gasteiger partial charge in [-0.2, -0.15) is 0 Å². The molecule has 0 saturated heterocycles. The van der Waals surface area contributed by atoms with Crippen LogP contribution >= 0.6 is 15.9 Å². The molecule has 0 radical (unpaired) electrons. The van der Waals surface area contributed by atoms with Crippen molar-refractivity contribution in [3.05, 3.63) is 28.5 Å². The van der Waals surface area contributed by atoms with Gasteiger partial charge in [-0.3, -0.25) is 4.98 Å². The molecule has 0 aliphatic heterocycles. The SMILES string of the molecule is CC(C)C(C)(O)Cc1ncccc1Br. The van der Waals surface area contributed by atoms with Gasteiger partial charge in [0.1, 0.15) is 0 Å². The minimum Gasteiger partial charge on any atom is -0.390 e. The van der Waals surface area contributed by atoms with Gasteiger partial charge >= 0.3 is 0 Å². The van der Waals surface area contributed by atoms with Crippen molar-refractivity contribution in [3.8, 4) is 0 Å². The molecule has 1 aromatic rings. The Morgan fingerprint density at radius 3 is 2.71 bits per heavy atom. The van der Waals surface area contributed by atoms with E-state index in [0.717, 1.165) is 10.2 Å². The van der Waals surface area contributed by atoms with E-state index in [2.05, 4.69) is 20.9 Å². The molecule has 1 aromatic heterocycles. The highest BCUT2D eigenvalue weighted by atomic mass is 79.9. The van der Waals surface area contributed by atoms with Crippen LogP contribution in [0.3, 0.4) is 0 Å². The van der Waals surface area contributed by atoms with Gasteiger partial charge in [-0.05, 0) is 40.9 Å². The van der Waals surface area contributed by atoms with Gasteiger partial charge in [0, 0.05) is 17.1 Å². The van der Waals surface area contributed by atoms with Gasteiger partial charge in [0.25, 0.3) is 0 Å². The Morgan fingerprint density at radius 2 is 2.21 bits per heavy atom. The predicted octanol–water partition coefficient (Wildman–Crippen LogP) is 2.79. The molecule has 3 heteroatoms. The quantitative estimate of drug-likeness (QED) is 0.904. The molecule has 14 heavy (non-hydrogen) atoms. The van der Waals surface area contributed by atoms with Crippen molar-refractivity contribution in [2.45, 2.75) is 32.8 Å². The third kappa shape index (κ3) is 2.79. The van der Waals surface area contributed by atoms with E-state index in [-0.39, 0.29) is 5.92 Å². The molecule has 0 amide bonds. The van der Waals surface area contributed by atoms with Crippen molar-refractivity contribution < 1.29 is 5.11 Å². The van der Waals surface area contributed by atoms with E-state index in [1.165, 1.54) is 0 Å². The van der Waals surface area contributed by atoms with Gasteiger partial charge in [-0.15, -0.1) is 0 Å². The summed E-state index contributed by atoms with van der Waals surface area (Å²) in [6.45, 7) is 5.87. The first-order valence-corrected chi connectivity index (χ1v) is 5.54. The molecular weight excluding hydrogens is 242 g/mol. The minimum absolute atomic E-state index is 0.219. The maximum absolute atomic E-state index is 10.1. The summed E-state index contributed by atoms with van der Waals surface area (Å²) in [6, 6.07) is 3.82. The second kappa shape index (κ2) is 4.41. The first kappa shape index (κ1) is 11.7. The van der Waals surface area contributed by atoms with Crippen molar-refractivity contribution in [2.24, 2.45) is 5.92 Å². The average molecular weight is 258 g/mol. The van der Waals surface area contributed by atoms with Crippen molar-refractivity contribution in [2.75, 3.05) is 0 Å². The van der Waals surface area contributed by atoms with Crippen LogP contribution < -0.4 is 0 Å². The van der Waals surface area contributed by atoms with Gasteiger partial charge in [-0.1, -0.05) is 13.8 Å². The van der Waals surface area contributed by atoms with Crippen LogP contribution in [0, 0.1) is 5.92 Å². The van der Waals surface area contributed by atoms with E-state index in [9.17, 15) is 5.11 Å². The number of aliphatic hydroxyl groups is 1. The second-order valence-electron chi connectivity index (χ2n) is 4.12. The Bertz CT molecular complexity index is 310. The summed E-state index contributed by atoms with van der Waals surface area (Å²) in [4.78, 5) is 4.24. The second-order valence-corrected chi connectivity index (χ2v) is 4.97. The van der Waals surface area contributed by atoms with Crippen LogP contribution in [0.2, 0.25) is 0 Å². The van der Waals surface area contributed by atoms with E-state index < -0.39 is 5.60 Å². The van der Waals surface area contributed by atoms with E-state index in [1.807, 2.05) is 32.9 Å². The number of pyridine rings is 1. The molecule has 0 fully saturated rings. The molecule has 1 atom stereocenters. The van der Waals surface area contributed by atoms with Crippen LogP contribution in [-0.2, 0) is 6.42 Å². The minimum atomic E-state index is -0.698. The fourth-order valence-corrected chi connectivity index (χ4v) is 1.49. The van der Waals surface area contributed by atoms with Gasteiger partial charge in [-0.25, -0.2) is 0 Å². The summed E-state index contributed by atoms with van der Waals surface area (Å²) >= 11 is 3.42. The molecule has 0 aromatic carbocycles. The summed E-state index contributed by atoms with van der Waals surface area (Å²) in [7, 11) is 0. The Balaban J connectivity index is 2.84. The van der Waals surface area contributed by atoms with Gasteiger partial charge < -0.3 is 5.11 Å². The summed E-state index contributed by atoms with van der Waals surface area (Å²) in [5, 5.41) is 10.1. The number of rotatable bonds is 3. The third-order valence-corrected chi connectivity index (χ3v) is 3.33. The molecule has 0 spiro atoms. The molecule has 0 aliphatic carbocycles. The van der Waals surface area contributed by atoms with Crippen LogP contribution in [0.4, 0.5) is 0 Å². The maximum Gasteiger partial charge on any atom is 0.0698 e. The van der Waals surface area contributed by atoms with Crippen molar-refractivity contribution >= 4 is 15.9 Å². The normalized spacial score (nSPS) is 15.6. The van der Waals surface area contributed by atoms with Crippen molar-refractivity contribution in [1.29, 1.82) is 0 Å². The monoisotopic (exact) mass is 257 g/mol. The molecular formula is C11H16BrNO. The molecule has 0 saturated carbocycles. The van der Waals surface area contributed by atoms with Crippen LogP contribution in [0.25, 0.3) is 0 Å². The smallest absolute Gasteiger partial charge is 0.0698 e. The Labute approximate surface area is 93.5 Å². The lowest BCUT2D eigenvalue weighted by atomic mass is 9.88. The Hall–Kier alpha value is -0.410. The van der Waals surface area contributed by atoms with E-state index >= 15 is 0 Å². The zero-order valence-corrected chi connectivity index (χ0v) is 10.4. The predicted molar refractivity (Wildman–Crippen MR) is 61.1 cm³/mol. The Kier molecular flexibility index (Phi) is 3.67. The summed E-state index contributed by atoms with van der Waals surface area (Å²) in [6.07, 6.45) is 2.32. The molecule has 1 heterocycles. The summed E-state index contributed by atoms with van der Waals surface area (Å²) < 4.78 is 0.959. The maximum atomic E-state index is 10.1. The molecule has 78 valence electrons. The highest BCUT2D eigenvalue weighted by Crippen LogP contribution is 2.24. The highest BCUT2D eigenvalue weighted by Gasteiger charge is 2.26. The lowest BCUT2D eigenvalue weighted by Gasteiger charge is -2.27. The lowest BCUT2D eigenvalue weighted by Crippen LogP contribution is -2.34. The van der Waals surface area contributed by atoms with Crippen LogP contribution in [0.5, 0.6) is 0 Å². The first-order chi connectivity index (χ1) is 6.43. The average Bonchev–Trinajstić information content (AvgIpc) is 2.08. The number of hydrogen-bond donors (Lipinski definition) is 1. The van der Waals surface area contributed by atoms with Gasteiger partial charge in [0.05, 0.1) is 11.3 Å². The number of halogens is 1. The zero-order chi connectivity index (χ0) is 10.8. The van der Waals surface area contributed by atoms with E-state index in [1.54, 1.807) is 6.20 Å². The molecule has 0 bridgehead atoms. The standard InChI is InChI=1S/C11H16BrNO/c1-8(2)11(3,14)7-10-9(12)5-4-6-13-10/h4-6,8,14H,7H2,1-3H3. The highest BCUT2D eigenvalue weighted by molar-refractivity contribution is 9.10. The summed E-state index contributed by atoms with van der Waals surface area (Å²) in [5.41, 5.74) is 0.211. The largest absolute Gasteiger partial charge is 0.390 e. The third-order valence-electron chi connectivity index (χ3n) is 2.60. The lowest BCUT2D eigenvalue weighted by molar-refractivity contribution is 0.0129. The molecule has 1 rings (SSSR count). The van der Waals surface area contributed by atoms with E-state index in [0.29, 0.717) is 6.42 Å². The van der Waals surface area contributed by atoms with Crippen molar-refractivity contribution in [1.82, 2.24) is 4.98 Å². The van der Waals surface area contributed by atoms with E-state index in [4.69, 9.17) is 0 Å². The zero-order valence-electron chi connectivity index (χ0n) is 8.79. The number of hydrogen-bond acceptors (Lipinski definition) is 2. The summed E-state index contributed by atoms with van der Waals surface area (Å²) in [5.74, 6) is 0.219. The van der Waals surface area contributed by atoms with Crippen LogP contribution in [-0.4, -0.2) is 15.7 Å². The fourth-order valence-electron chi connectivity index (χ4n) is 1.09.